The molecule has 1 heterocycles. The number of aliphatic hydroxyl groups excluding tert-OH is 1. The highest BCUT2D eigenvalue weighted by Gasteiger charge is 2.16. The first-order valence-electron chi connectivity index (χ1n) is 7.84. The summed E-state index contributed by atoms with van der Waals surface area (Å²) >= 11 is 0. The zero-order valence-electron chi connectivity index (χ0n) is 13.6. The van der Waals surface area contributed by atoms with Crippen LogP contribution < -0.4 is 0 Å². The van der Waals surface area contributed by atoms with Crippen LogP contribution in [0.1, 0.15) is 34.1 Å². The van der Waals surface area contributed by atoms with Gasteiger partial charge in [-0.3, -0.25) is 14.8 Å². The summed E-state index contributed by atoms with van der Waals surface area (Å²) in [6.45, 7) is 15.1. The smallest absolute Gasteiger partial charge is 0.0558 e. The minimum absolute atomic E-state index is 0.267. The van der Waals surface area contributed by atoms with Crippen molar-refractivity contribution in [2.45, 2.75) is 34.1 Å². The van der Waals surface area contributed by atoms with E-state index in [1.165, 1.54) is 11.3 Å². The average Bonchev–Trinajstić information content (AvgIpc) is 2.45. The van der Waals surface area contributed by atoms with Crippen LogP contribution in [0.4, 0.5) is 0 Å². The third-order valence-electron chi connectivity index (χ3n) is 4.05. The van der Waals surface area contributed by atoms with Crippen LogP contribution in [-0.4, -0.2) is 66.5 Å². The van der Waals surface area contributed by atoms with E-state index in [-0.39, 0.29) is 6.61 Å². The molecule has 1 N–H and O–H groups in total. The highest BCUT2D eigenvalue weighted by atomic mass is 16.3. The first kappa shape index (κ1) is 17.3. The summed E-state index contributed by atoms with van der Waals surface area (Å²) in [5.41, 5.74) is 2.60. The van der Waals surface area contributed by atoms with E-state index in [1.807, 2.05) is 0 Å². The number of hydrogen-bond donors (Lipinski definition) is 1. The first-order valence-corrected chi connectivity index (χ1v) is 7.84. The van der Waals surface area contributed by atoms with E-state index in [0.29, 0.717) is 5.92 Å². The molecule has 116 valence electrons. The predicted octanol–water partition coefficient (Wildman–Crippen LogP) is 2.01. The zero-order chi connectivity index (χ0) is 15.0. The van der Waals surface area contributed by atoms with Crippen LogP contribution in [0.2, 0.25) is 0 Å². The molecule has 4 nitrogen and oxygen atoms in total. The molecule has 0 spiro atoms. The van der Waals surface area contributed by atoms with Gasteiger partial charge in [-0.1, -0.05) is 20.8 Å². The molecule has 0 amide bonds. The molecule has 1 fully saturated rings. The van der Waals surface area contributed by atoms with Crippen LogP contribution in [0.3, 0.4) is 0 Å². The minimum Gasteiger partial charge on any atom is -0.395 e. The molecule has 1 rings (SSSR count). The Morgan fingerprint density at radius 1 is 1.20 bits per heavy atom. The van der Waals surface area contributed by atoms with Crippen LogP contribution >= 0.6 is 0 Å². The fourth-order valence-electron chi connectivity index (χ4n) is 2.19. The molecule has 20 heavy (non-hydrogen) atoms. The topological polar surface area (TPSA) is 39.1 Å². The van der Waals surface area contributed by atoms with E-state index in [4.69, 9.17) is 5.11 Å². The molecule has 0 atom stereocenters. The van der Waals surface area contributed by atoms with Crippen molar-refractivity contribution >= 4 is 5.71 Å². The number of piperazine rings is 1. The lowest BCUT2D eigenvalue weighted by atomic mass is 10.1. The van der Waals surface area contributed by atoms with Crippen LogP contribution in [0.15, 0.2) is 16.8 Å². The molecule has 0 bridgehead atoms. The summed E-state index contributed by atoms with van der Waals surface area (Å²) in [6, 6.07) is 0. The molecule has 1 saturated heterocycles. The van der Waals surface area contributed by atoms with Crippen LogP contribution in [0.5, 0.6) is 0 Å². The minimum atomic E-state index is 0.267. The van der Waals surface area contributed by atoms with Gasteiger partial charge in [0.25, 0.3) is 0 Å². The highest BCUT2D eigenvalue weighted by Crippen LogP contribution is 2.09. The summed E-state index contributed by atoms with van der Waals surface area (Å²) in [4.78, 5) is 9.40. The summed E-state index contributed by atoms with van der Waals surface area (Å²) in [5, 5.41) is 8.96. The van der Waals surface area contributed by atoms with E-state index in [9.17, 15) is 0 Å². The summed E-state index contributed by atoms with van der Waals surface area (Å²) in [6.07, 6.45) is 3.13. The van der Waals surface area contributed by atoms with E-state index < -0.39 is 0 Å². The molecular formula is C16H31N3O. The summed E-state index contributed by atoms with van der Waals surface area (Å²) in [5.74, 6) is 0.520. The monoisotopic (exact) mass is 281 g/mol. The third-order valence-corrected chi connectivity index (χ3v) is 4.05. The fraction of sp³-hybridized carbons (Fsp3) is 0.812. The van der Waals surface area contributed by atoms with Gasteiger partial charge in [-0.05, 0) is 24.8 Å². The van der Waals surface area contributed by atoms with E-state index in [1.54, 1.807) is 0 Å². The van der Waals surface area contributed by atoms with Gasteiger partial charge in [-0.2, -0.15) is 0 Å². The second kappa shape index (κ2) is 9.27. The second-order valence-corrected chi connectivity index (χ2v) is 5.91. The fourth-order valence-corrected chi connectivity index (χ4v) is 2.19. The number of hydrogen-bond acceptors (Lipinski definition) is 4. The SMILES string of the molecule is CC/C(=C\N=C(/C)C(C)C)CN1CCN(CCO)CC1. The van der Waals surface area contributed by atoms with Crippen LogP contribution in [0, 0.1) is 5.92 Å². The quantitative estimate of drug-likeness (QED) is 0.726. The van der Waals surface area contributed by atoms with Crippen LogP contribution in [-0.2, 0) is 0 Å². The number of rotatable bonds is 7. The largest absolute Gasteiger partial charge is 0.395 e. The standard InChI is InChI=1S/C16H31N3O/c1-5-16(12-17-15(4)14(2)3)13-19-8-6-18(7-9-19)10-11-20/h12,14,20H,5-11,13H2,1-4H3/b16-12+,17-15+. The molecule has 0 aliphatic carbocycles. The van der Waals surface area contributed by atoms with E-state index in [0.717, 1.165) is 45.7 Å². The number of aliphatic hydroxyl groups is 1. The van der Waals surface area contributed by atoms with E-state index in [2.05, 4.69) is 48.7 Å². The molecule has 0 unspecified atom stereocenters. The van der Waals surface area contributed by atoms with Gasteiger partial charge < -0.3 is 5.11 Å². The molecule has 0 aromatic carbocycles. The second-order valence-electron chi connectivity index (χ2n) is 5.91. The molecule has 0 saturated carbocycles. The zero-order valence-corrected chi connectivity index (χ0v) is 13.6. The molecule has 1 aliphatic heterocycles. The van der Waals surface area contributed by atoms with Gasteiger partial charge >= 0.3 is 0 Å². The van der Waals surface area contributed by atoms with Crippen molar-refractivity contribution in [2.24, 2.45) is 10.9 Å². The van der Waals surface area contributed by atoms with Crippen molar-refractivity contribution in [3.8, 4) is 0 Å². The normalized spacial score (nSPS) is 19.9. The van der Waals surface area contributed by atoms with Gasteiger partial charge in [0, 0.05) is 51.2 Å². The van der Waals surface area contributed by atoms with Crippen molar-refractivity contribution in [1.82, 2.24) is 9.80 Å². The lowest BCUT2D eigenvalue weighted by Gasteiger charge is -2.34. The molecular weight excluding hydrogens is 250 g/mol. The van der Waals surface area contributed by atoms with Gasteiger partial charge in [0.1, 0.15) is 0 Å². The maximum Gasteiger partial charge on any atom is 0.0558 e. The molecule has 0 aromatic heterocycles. The Kier molecular flexibility index (Phi) is 8.04. The summed E-state index contributed by atoms with van der Waals surface area (Å²) < 4.78 is 0. The Labute approximate surface area is 124 Å². The van der Waals surface area contributed by atoms with Crippen molar-refractivity contribution in [2.75, 3.05) is 45.9 Å². The number of β-amino-alcohol motifs (C(OH)–C–C–N with tert-alkyl or cyclic N) is 1. The van der Waals surface area contributed by atoms with Gasteiger partial charge in [-0.25, -0.2) is 0 Å². The number of aliphatic imine (C=N–C) groups is 1. The number of nitrogens with zero attached hydrogens (tertiary/aromatic N) is 3. The summed E-state index contributed by atoms with van der Waals surface area (Å²) in [7, 11) is 0. The van der Waals surface area contributed by atoms with Gasteiger partial charge in [0.2, 0.25) is 0 Å². The van der Waals surface area contributed by atoms with Crippen molar-refractivity contribution in [3.05, 3.63) is 11.8 Å². The van der Waals surface area contributed by atoms with E-state index >= 15 is 0 Å². The Morgan fingerprint density at radius 3 is 2.30 bits per heavy atom. The highest BCUT2D eigenvalue weighted by molar-refractivity contribution is 5.84. The molecule has 1 aliphatic rings. The lowest BCUT2D eigenvalue weighted by Crippen LogP contribution is -2.47. The van der Waals surface area contributed by atoms with Crippen molar-refractivity contribution in [3.63, 3.8) is 0 Å². The maximum atomic E-state index is 8.96. The van der Waals surface area contributed by atoms with Gasteiger partial charge in [-0.15, -0.1) is 0 Å². The Bertz CT molecular complexity index is 329. The first-order chi connectivity index (χ1) is 9.56. The lowest BCUT2D eigenvalue weighted by molar-refractivity contribution is 0.118. The van der Waals surface area contributed by atoms with Gasteiger partial charge in [0.15, 0.2) is 0 Å². The van der Waals surface area contributed by atoms with Crippen molar-refractivity contribution < 1.29 is 5.11 Å². The maximum absolute atomic E-state index is 8.96. The van der Waals surface area contributed by atoms with Crippen LogP contribution in [0.25, 0.3) is 0 Å². The van der Waals surface area contributed by atoms with Gasteiger partial charge in [0.05, 0.1) is 6.61 Å². The Morgan fingerprint density at radius 2 is 1.80 bits per heavy atom. The Balaban J connectivity index is 2.46. The van der Waals surface area contributed by atoms with Crippen molar-refractivity contribution in [1.29, 1.82) is 0 Å². The Hall–Kier alpha value is -0.710. The molecule has 0 aromatic rings. The predicted molar refractivity (Wildman–Crippen MR) is 86.3 cm³/mol. The average molecular weight is 281 g/mol. The molecule has 0 radical (unpaired) electrons. The third kappa shape index (κ3) is 6.16. The molecule has 4 heteroatoms.